The van der Waals surface area contributed by atoms with Gasteiger partial charge in [0.15, 0.2) is 0 Å². The van der Waals surface area contributed by atoms with Crippen molar-refractivity contribution in [3.05, 3.63) is 0 Å². The van der Waals surface area contributed by atoms with E-state index >= 15 is 0 Å². The predicted molar refractivity (Wildman–Crippen MR) is 96.6 cm³/mol. The van der Waals surface area contributed by atoms with Crippen LogP contribution < -0.4 is 5.32 Å². The summed E-state index contributed by atoms with van der Waals surface area (Å²) in [6.45, 7) is 10.8. The molecule has 0 saturated carbocycles. The average Bonchev–Trinajstić information content (AvgIpc) is 2.51. The van der Waals surface area contributed by atoms with Crippen LogP contribution in [0.25, 0.3) is 0 Å². The van der Waals surface area contributed by atoms with E-state index in [9.17, 15) is 13.2 Å². The van der Waals surface area contributed by atoms with Crippen LogP contribution in [-0.2, 0) is 4.74 Å². The summed E-state index contributed by atoms with van der Waals surface area (Å²) in [4.78, 5) is 2.18. The molecular formula is C19H37F3N2O. The molecule has 0 spiro atoms. The number of ether oxygens (including phenoxy) is 1. The largest absolute Gasteiger partial charge is 0.411 e. The summed E-state index contributed by atoms with van der Waals surface area (Å²) in [6, 6.07) is 0.532. The molecule has 1 rings (SSSR count). The Balaban J connectivity index is 2.76. The van der Waals surface area contributed by atoms with Crippen LogP contribution >= 0.6 is 0 Å². The van der Waals surface area contributed by atoms with E-state index in [4.69, 9.17) is 4.74 Å². The molecular weight excluding hydrogens is 329 g/mol. The topological polar surface area (TPSA) is 24.5 Å². The van der Waals surface area contributed by atoms with Crippen molar-refractivity contribution in [2.45, 2.75) is 97.6 Å². The summed E-state index contributed by atoms with van der Waals surface area (Å²) >= 11 is 0. The van der Waals surface area contributed by atoms with Gasteiger partial charge in [0, 0.05) is 25.2 Å². The number of piperazine rings is 1. The molecule has 0 radical (unpaired) electrons. The number of nitrogens with zero attached hydrogens (tertiary/aromatic N) is 1. The highest BCUT2D eigenvalue weighted by Gasteiger charge is 2.39. The number of hydrogen-bond donors (Lipinski definition) is 1. The third kappa shape index (κ3) is 8.27. The summed E-state index contributed by atoms with van der Waals surface area (Å²) in [7, 11) is 0. The lowest BCUT2D eigenvalue weighted by atomic mass is 9.84. The lowest BCUT2D eigenvalue weighted by Crippen LogP contribution is -2.63. The molecule has 0 aromatic rings. The van der Waals surface area contributed by atoms with E-state index in [-0.39, 0.29) is 17.5 Å². The van der Waals surface area contributed by atoms with Crippen molar-refractivity contribution in [1.82, 2.24) is 10.2 Å². The third-order valence-electron chi connectivity index (χ3n) is 5.12. The maximum atomic E-state index is 12.6. The minimum Gasteiger partial charge on any atom is -0.352 e. The average molecular weight is 367 g/mol. The molecule has 1 heterocycles. The Morgan fingerprint density at radius 3 is 2.32 bits per heavy atom. The quantitative estimate of drug-likeness (QED) is 0.584. The van der Waals surface area contributed by atoms with Gasteiger partial charge in [0.1, 0.15) is 12.8 Å². The Hall–Kier alpha value is -0.330. The molecule has 1 saturated heterocycles. The monoisotopic (exact) mass is 366 g/mol. The maximum Gasteiger partial charge on any atom is 0.411 e. The molecule has 0 aromatic carbocycles. The van der Waals surface area contributed by atoms with Gasteiger partial charge in [-0.25, -0.2) is 0 Å². The van der Waals surface area contributed by atoms with Crippen molar-refractivity contribution in [3.8, 4) is 0 Å². The molecule has 0 amide bonds. The van der Waals surface area contributed by atoms with Gasteiger partial charge in [-0.3, -0.25) is 4.90 Å². The fraction of sp³-hybridized carbons (Fsp3) is 1.00. The van der Waals surface area contributed by atoms with Gasteiger partial charge in [0.2, 0.25) is 0 Å². The van der Waals surface area contributed by atoms with Gasteiger partial charge >= 0.3 is 6.18 Å². The first-order valence-corrected chi connectivity index (χ1v) is 9.76. The molecule has 150 valence electrons. The summed E-state index contributed by atoms with van der Waals surface area (Å²) in [6.07, 6.45) is 1.91. The molecule has 0 aliphatic carbocycles. The SMILES string of the molecule is CCCCCCC(CC)N1CC(C(C)(C)C)NCC1OCC(F)(F)F. The van der Waals surface area contributed by atoms with Crippen LogP contribution in [0.4, 0.5) is 13.2 Å². The molecule has 3 unspecified atom stereocenters. The Morgan fingerprint density at radius 2 is 1.80 bits per heavy atom. The van der Waals surface area contributed by atoms with Crippen molar-refractivity contribution >= 4 is 0 Å². The van der Waals surface area contributed by atoms with Crippen LogP contribution in [0.3, 0.4) is 0 Å². The van der Waals surface area contributed by atoms with Crippen LogP contribution in [0.15, 0.2) is 0 Å². The summed E-state index contributed by atoms with van der Waals surface area (Å²) in [5.74, 6) is 0. The third-order valence-corrected chi connectivity index (χ3v) is 5.12. The van der Waals surface area contributed by atoms with Crippen LogP contribution in [0.5, 0.6) is 0 Å². The Labute approximate surface area is 151 Å². The number of halogens is 3. The second-order valence-corrected chi connectivity index (χ2v) is 8.32. The van der Waals surface area contributed by atoms with Crippen LogP contribution in [0.2, 0.25) is 0 Å². The minimum atomic E-state index is -4.28. The van der Waals surface area contributed by atoms with Gasteiger partial charge in [-0.05, 0) is 18.3 Å². The van der Waals surface area contributed by atoms with E-state index in [0.717, 1.165) is 25.8 Å². The second kappa shape index (κ2) is 10.1. The van der Waals surface area contributed by atoms with Crippen molar-refractivity contribution in [2.75, 3.05) is 19.7 Å². The fourth-order valence-corrected chi connectivity index (χ4v) is 3.47. The summed E-state index contributed by atoms with van der Waals surface area (Å²) in [5, 5.41) is 3.40. The number of alkyl halides is 3. The van der Waals surface area contributed by atoms with Gasteiger partial charge < -0.3 is 10.1 Å². The van der Waals surface area contributed by atoms with E-state index < -0.39 is 19.0 Å². The standard InChI is InChI=1S/C19H37F3N2O/c1-6-8-9-10-11-15(7-2)24-13-16(18(3,4)5)23-12-17(24)25-14-19(20,21)22/h15-17,23H,6-14H2,1-5H3. The van der Waals surface area contributed by atoms with Gasteiger partial charge in [-0.2, -0.15) is 13.2 Å². The van der Waals surface area contributed by atoms with E-state index in [0.29, 0.717) is 6.54 Å². The molecule has 1 fully saturated rings. The number of unbranched alkanes of at least 4 members (excludes halogenated alkanes) is 3. The first-order valence-electron chi connectivity index (χ1n) is 9.76. The van der Waals surface area contributed by atoms with E-state index in [1.807, 2.05) is 0 Å². The molecule has 1 aliphatic heterocycles. The second-order valence-electron chi connectivity index (χ2n) is 8.32. The Bertz CT molecular complexity index is 369. The van der Waals surface area contributed by atoms with Crippen molar-refractivity contribution < 1.29 is 17.9 Å². The Morgan fingerprint density at radius 1 is 1.12 bits per heavy atom. The zero-order valence-corrected chi connectivity index (χ0v) is 16.6. The maximum absolute atomic E-state index is 12.6. The highest BCUT2D eigenvalue weighted by Crippen LogP contribution is 2.28. The normalized spacial score (nSPS) is 24.5. The zero-order valence-electron chi connectivity index (χ0n) is 16.6. The molecule has 3 atom stereocenters. The molecule has 25 heavy (non-hydrogen) atoms. The molecule has 1 N–H and O–H groups in total. The molecule has 0 aromatic heterocycles. The van der Waals surface area contributed by atoms with E-state index in [1.165, 1.54) is 19.3 Å². The van der Waals surface area contributed by atoms with Crippen LogP contribution in [0, 0.1) is 5.41 Å². The number of nitrogens with one attached hydrogen (secondary N) is 1. The lowest BCUT2D eigenvalue weighted by molar-refractivity contribution is -0.212. The van der Waals surface area contributed by atoms with Gasteiger partial charge in [-0.15, -0.1) is 0 Å². The molecule has 1 aliphatic rings. The molecule has 6 heteroatoms. The molecule has 0 bridgehead atoms. The van der Waals surface area contributed by atoms with Crippen molar-refractivity contribution in [1.29, 1.82) is 0 Å². The highest BCUT2D eigenvalue weighted by molar-refractivity contribution is 4.91. The number of rotatable bonds is 9. The van der Waals surface area contributed by atoms with Crippen LogP contribution in [-0.4, -0.2) is 49.1 Å². The van der Waals surface area contributed by atoms with Crippen LogP contribution in [0.1, 0.15) is 73.1 Å². The van der Waals surface area contributed by atoms with Crippen molar-refractivity contribution in [2.24, 2.45) is 5.41 Å². The zero-order chi connectivity index (χ0) is 19.1. The summed E-state index contributed by atoms with van der Waals surface area (Å²) in [5.41, 5.74) is 0.0632. The lowest BCUT2D eigenvalue weighted by Gasteiger charge is -2.47. The van der Waals surface area contributed by atoms with Gasteiger partial charge in [0.05, 0.1) is 0 Å². The Kier molecular flexibility index (Phi) is 9.19. The van der Waals surface area contributed by atoms with Gasteiger partial charge in [-0.1, -0.05) is 60.3 Å². The van der Waals surface area contributed by atoms with Crippen molar-refractivity contribution in [3.63, 3.8) is 0 Å². The fourth-order valence-electron chi connectivity index (χ4n) is 3.47. The number of hydrogen-bond acceptors (Lipinski definition) is 3. The molecule has 3 nitrogen and oxygen atoms in total. The minimum absolute atomic E-state index is 0.0632. The first kappa shape index (κ1) is 22.7. The van der Waals surface area contributed by atoms with E-state index in [2.05, 4.69) is 44.8 Å². The summed E-state index contributed by atoms with van der Waals surface area (Å²) < 4.78 is 43.1. The van der Waals surface area contributed by atoms with E-state index in [1.54, 1.807) is 0 Å². The highest BCUT2D eigenvalue weighted by atomic mass is 19.4. The predicted octanol–water partition coefficient (Wildman–Crippen LogP) is 4.96. The van der Waals surface area contributed by atoms with Gasteiger partial charge in [0.25, 0.3) is 0 Å². The smallest absolute Gasteiger partial charge is 0.352 e. The first-order chi connectivity index (χ1) is 11.6.